The molecule has 4 atom stereocenters. The first-order chi connectivity index (χ1) is 21.4. The van der Waals surface area contributed by atoms with Crippen molar-refractivity contribution in [2.24, 2.45) is 5.92 Å². The maximum atomic E-state index is 15.1. The number of para-hydroxylation sites is 2. The fourth-order valence-electron chi connectivity index (χ4n) is 7.56. The number of carbonyl (C=O) groups excluding carboxylic acids is 3. The lowest BCUT2D eigenvalue weighted by molar-refractivity contribution is -0.121. The van der Waals surface area contributed by atoms with Gasteiger partial charge in [-0.3, -0.25) is 14.4 Å². The van der Waals surface area contributed by atoms with E-state index in [2.05, 4.69) is 5.32 Å². The predicted molar refractivity (Wildman–Crippen MR) is 165 cm³/mol. The van der Waals surface area contributed by atoms with Crippen LogP contribution in [0.15, 0.2) is 97.1 Å². The predicted octanol–water partition coefficient (Wildman–Crippen LogP) is 5.67. The van der Waals surface area contributed by atoms with Crippen molar-refractivity contribution in [1.29, 1.82) is 0 Å². The Kier molecular flexibility index (Phi) is 5.71. The average Bonchev–Trinajstić information content (AvgIpc) is 3.73. The molecule has 0 aromatic heterocycles. The molecule has 4 aromatic rings. The summed E-state index contributed by atoms with van der Waals surface area (Å²) in [5, 5.41) is 3.07. The summed E-state index contributed by atoms with van der Waals surface area (Å²) in [5.41, 5.74) is 3.39. The summed E-state index contributed by atoms with van der Waals surface area (Å²) >= 11 is 0. The summed E-state index contributed by atoms with van der Waals surface area (Å²) in [7, 11) is 1.55. The first kappa shape index (κ1) is 26.3. The van der Waals surface area contributed by atoms with Gasteiger partial charge in [-0.05, 0) is 60.5 Å². The number of allylic oxidation sites excluding steroid dienone is 1. The number of hydrogen-bond donors (Lipinski definition) is 1. The third-order valence-electron chi connectivity index (χ3n) is 9.45. The first-order valence-electron chi connectivity index (χ1n) is 14.5. The quantitative estimate of drug-likeness (QED) is 0.302. The van der Waals surface area contributed by atoms with E-state index in [0.29, 0.717) is 39.6 Å². The zero-order valence-electron chi connectivity index (χ0n) is 24.1. The minimum atomic E-state index is -1.40. The number of rotatable bonds is 5. The Morgan fingerprint density at radius 1 is 0.886 bits per heavy atom. The molecule has 0 saturated carbocycles. The van der Waals surface area contributed by atoms with Crippen LogP contribution in [0.5, 0.6) is 17.2 Å². The van der Waals surface area contributed by atoms with Gasteiger partial charge in [0.2, 0.25) is 12.7 Å². The molecule has 1 fully saturated rings. The summed E-state index contributed by atoms with van der Waals surface area (Å²) in [4.78, 5) is 46.5. The van der Waals surface area contributed by atoms with E-state index in [-0.39, 0.29) is 24.3 Å². The first-order valence-corrected chi connectivity index (χ1v) is 14.5. The highest BCUT2D eigenvalue weighted by Gasteiger charge is 2.70. The van der Waals surface area contributed by atoms with E-state index in [0.717, 1.165) is 16.8 Å². The van der Waals surface area contributed by atoms with Crippen LogP contribution >= 0.6 is 0 Å². The molecule has 0 aliphatic carbocycles. The summed E-state index contributed by atoms with van der Waals surface area (Å²) in [5.74, 6) is -0.478. The molecule has 1 saturated heterocycles. The van der Waals surface area contributed by atoms with Crippen LogP contribution < -0.4 is 24.4 Å². The van der Waals surface area contributed by atoms with Crippen LogP contribution in [0.4, 0.5) is 11.4 Å². The smallest absolute Gasteiger partial charge is 0.238 e. The van der Waals surface area contributed by atoms with Crippen molar-refractivity contribution in [1.82, 2.24) is 0 Å². The van der Waals surface area contributed by atoms with E-state index in [9.17, 15) is 9.59 Å². The molecule has 44 heavy (non-hydrogen) atoms. The lowest BCUT2D eigenvalue weighted by Crippen LogP contribution is -2.51. The molecule has 0 radical (unpaired) electrons. The van der Waals surface area contributed by atoms with Crippen LogP contribution in [-0.2, 0) is 10.2 Å². The van der Waals surface area contributed by atoms with E-state index in [4.69, 9.17) is 14.2 Å². The number of nitrogens with one attached hydrogen (secondary N) is 1. The molecule has 8 rings (SSSR count). The van der Waals surface area contributed by atoms with Crippen LogP contribution in [0.2, 0.25) is 0 Å². The molecule has 8 heteroatoms. The van der Waals surface area contributed by atoms with Gasteiger partial charge in [0.1, 0.15) is 17.2 Å². The summed E-state index contributed by atoms with van der Waals surface area (Å²) < 4.78 is 16.6. The molecule has 1 amide bonds. The number of methoxy groups -OCH3 is 1. The zero-order valence-corrected chi connectivity index (χ0v) is 24.1. The van der Waals surface area contributed by atoms with Gasteiger partial charge in [0.25, 0.3) is 0 Å². The van der Waals surface area contributed by atoms with Gasteiger partial charge in [-0.1, -0.05) is 54.6 Å². The van der Waals surface area contributed by atoms with Crippen molar-refractivity contribution in [3.8, 4) is 17.2 Å². The number of carbonyl (C=O) groups is 3. The molecule has 4 aromatic carbocycles. The maximum absolute atomic E-state index is 15.1. The molecule has 8 nitrogen and oxygen atoms in total. The number of benzene rings is 4. The van der Waals surface area contributed by atoms with Crippen molar-refractivity contribution in [3.05, 3.63) is 119 Å². The van der Waals surface area contributed by atoms with E-state index in [1.807, 2.05) is 66.4 Å². The second-order valence-electron chi connectivity index (χ2n) is 11.5. The van der Waals surface area contributed by atoms with E-state index < -0.39 is 23.4 Å². The number of ether oxygens (including phenoxy) is 3. The van der Waals surface area contributed by atoms with Gasteiger partial charge in [-0.25, -0.2) is 0 Å². The van der Waals surface area contributed by atoms with Crippen molar-refractivity contribution in [2.45, 2.75) is 24.4 Å². The van der Waals surface area contributed by atoms with Crippen LogP contribution in [-0.4, -0.2) is 43.5 Å². The average molecular weight is 585 g/mol. The minimum absolute atomic E-state index is 0.0593. The fraction of sp³-hybridized carbons (Fsp3) is 0.194. The van der Waals surface area contributed by atoms with Crippen LogP contribution in [0.1, 0.15) is 38.8 Å². The largest absolute Gasteiger partial charge is 0.497 e. The van der Waals surface area contributed by atoms with Gasteiger partial charge in [0, 0.05) is 28.1 Å². The second-order valence-corrected chi connectivity index (χ2v) is 11.5. The Bertz CT molecular complexity index is 1930. The Morgan fingerprint density at radius 2 is 1.66 bits per heavy atom. The van der Waals surface area contributed by atoms with E-state index in [1.54, 1.807) is 49.6 Å². The van der Waals surface area contributed by atoms with Crippen molar-refractivity contribution < 1.29 is 28.6 Å². The van der Waals surface area contributed by atoms with E-state index >= 15 is 4.79 Å². The van der Waals surface area contributed by atoms with Crippen LogP contribution in [0, 0.1) is 5.92 Å². The summed E-state index contributed by atoms with van der Waals surface area (Å²) in [6.07, 6.45) is 2.04. The van der Waals surface area contributed by atoms with Crippen molar-refractivity contribution in [2.75, 3.05) is 24.1 Å². The molecule has 4 aliphatic rings. The number of anilines is 2. The maximum Gasteiger partial charge on any atom is 0.238 e. The van der Waals surface area contributed by atoms with Crippen molar-refractivity contribution in [3.63, 3.8) is 0 Å². The number of hydrogen-bond acceptors (Lipinski definition) is 7. The highest BCUT2D eigenvalue weighted by molar-refractivity contribution is 6.18. The monoisotopic (exact) mass is 584 g/mol. The molecule has 4 heterocycles. The minimum Gasteiger partial charge on any atom is -0.497 e. The third kappa shape index (κ3) is 3.48. The van der Waals surface area contributed by atoms with Gasteiger partial charge in [0.15, 0.2) is 23.1 Å². The van der Waals surface area contributed by atoms with E-state index in [1.165, 1.54) is 0 Å². The Morgan fingerprint density at radius 3 is 2.52 bits per heavy atom. The zero-order chi connectivity index (χ0) is 30.2. The molecule has 4 unspecified atom stereocenters. The Balaban J connectivity index is 1.42. The second kappa shape index (κ2) is 9.57. The highest BCUT2D eigenvalue weighted by atomic mass is 16.7. The molecular formula is C36H28N2O6. The molecule has 1 spiro atoms. The van der Waals surface area contributed by atoms with Gasteiger partial charge >= 0.3 is 0 Å². The Hall–Kier alpha value is -5.37. The summed E-state index contributed by atoms with van der Waals surface area (Å²) in [6, 6.07) is 25.6. The molecule has 218 valence electrons. The van der Waals surface area contributed by atoms with Gasteiger partial charge in [0.05, 0.1) is 19.1 Å². The number of Topliss-reactive ketones (excluding diaryl/α,β-unsaturated/α-hetero) is 2. The SMILES string of the molecule is COc1cccc(C(=O)C2C(C(=O)c3ccc4c(c3)OCO4)C3(C(=O)Nc4ccccc43)C3C=C(C)c4ccccc4N23)c1. The van der Waals surface area contributed by atoms with Crippen LogP contribution in [0.3, 0.4) is 0 Å². The molecule has 4 aliphatic heterocycles. The van der Waals surface area contributed by atoms with Gasteiger partial charge in [-0.2, -0.15) is 0 Å². The molecule has 1 N–H and O–H groups in total. The number of nitrogens with zero attached hydrogens (tertiary/aromatic N) is 1. The lowest BCUT2D eigenvalue weighted by atomic mass is 9.64. The highest BCUT2D eigenvalue weighted by Crippen LogP contribution is 2.59. The number of ketones is 2. The molecule has 0 bridgehead atoms. The Labute approximate surface area is 253 Å². The third-order valence-corrected chi connectivity index (χ3v) is 9.45. The lowest BCUT2D eigenvalue weighted by Gasteiger charge is -2.39. The topological polar surface area (TPSA) is 94.2 Å². The van der Waals surface area contributed by atoms with Crippen LogP contribution in [0.25, 0.3) is 5.57 Å². The summed E-state index contributed by atoms with van der Waals surface area (Å²) in [6.45, 7) is 2.07. The standard InChI is InChI=1S/C36H28N2O6/c1-20-16-30-36(25-11-4-5-12-26(25)37-35(36)41)31(33(39)22-14-15-28-29(18-22)44-19-43-28)32(38(30)27-13-6-3-10-24(20)27)34(40)21-8-7-9-23(17-21)42-2/h3-18,30-32H,19H2,1-2H3,(H,37,41). The molecular weight excluding hydrogens is 556 g/mol. The number of amides is 1. The normalized spacial score (nSPS) is 23.9. The van der Waals surface area contributed by atoms with Gasteiger partial charge in [-0.15, -0.1) is 0 Å². The van der Waals surface area contributed by atoms with Gasteiger partial charge < -0.3 is 24.4 Å². The fourth-order valence-corrected chi connectivity index (χ4v) is 7.56. The van der Waals surface area contributed by atoms with Crippen molar-refractivity contribution >= 4 is 34.4 Å². The number of fused-ring (bicyclic) bond motifs is 7.